The number of hydrogen-bond donors (Lipinski definition) is 1. The van der Waals surface area contributed by atoms with E-state index >= 15 is 0 Å². The number of benzene rings is 2. The molecule has 2 aromatic carbocycles. The number of fused-ring (bicyclic) bond motifs is 1. The van der Waals surface area contributed by atoms with E-state index in [4.69, 9.17) is 0 Å². The summed E-state index contributed by atoms with van der Waals surface area (Å²) in [5, 5.41) is 6.76. The number of nitrogens with zero attached hydrogens (tertiary/aromatic N) is 3. The third-order valence-corrected chi connectivity index (χ3v) is 6.09. The molecule has 0 aliphatic heterocycles. The molecule has 4 rings (SSSR count). The molecule has 1 heterocycles. The molecule has 0 atom stereocenters. The number of H-pyrrole nitrogens is 1. The molecule has 0 saturated carbocycles. The second-order valence-corrected chi connectivity index (χ2v) is 8.32. The molecule has 140 valence electrons. The van der Waals surface area contributed by atoms with Gasteiger partial charge in [-0.25, -0.2) is 9.37 Å². The van der Waals surface area contributed by atoms with E-state index in [0.717, 1.165) is 36.0 Å². The molecule has 1 aliphatic carbocycles. The van der Waals surface area contributed by atoms with Gasteiger partial charge in [0.2, 0.25) is 5.78 Å². The first-order valence-electron chi connectivity index (χ1n) is 7.93. The monoisotopic (exact) mass is 414 g/mol. The Bertz CT molecular complexity index is 1220. The summed E-state index contributed by atoms with van der Waals surface area (Å²) < 4.78 is 42.3. The maximum atomic E-state index is 13.1. The van der Waals surface area contributed by atoms with Crippen LogP contribution in [0.3, 0.4) is 0 Å². The molecular weight excluding hydrogens is 403 g/mol. The number of carbonyl (C=O) groups is 1. The molecule has 28 heavy (non-hydrogen) atoms. The highest BCUT2D eigenvalue weighted by Gasteiger charge is 2.27. The Labute approximate surface area is 163 Å². The van der Waals surface area contributed by atoms with E-state index in [9.17, 15) is 17.6 Å². The van der Waals surface area contributed by atoms with Crippen LogP contribution in [0.2, 0.25) is 0 Å². The summed E-state index contributed by atoms with van der Waals surface area (Å²) in [6.45, 7) is 0. The van der Waals surface area contributed by atoms with Gasteiger partial charge in [0.25, 0.3) is 10.0 Å². The molecule has 1 aromatic heterocycles. The van der Waals surface area contributed by atoms with Gasteiger partial charge in [0.05, 0.1) is 15.5 Å². The van der Waals surface area contributed by atoms with E-state index in [1.165, 1.54) is 12.4 Å². The highest BCUT2D eigenvalue weighted by molar-refractivity contribution is 8.04. The smallest absolute Gasteiger partial charge is 0.282 e. The molecule has 1 aliphatic rings. The first-order valence-corrected chi connectivity index (χ1v) is 10.2. The quantitative estimate of drug-likeness (QED) is 0.704. The highest BCUT2D eigenvalue weighted by atomic mass is 32.2. The average Bonchev–Trinajstić information content (AvgIpc) is 3.19. The predicted molar refractivity (Wildman–Crippen MR) is 101 cm³/mol. The first-order chi connectivity index (χ1) is 13.4. The van der Waals surface area contributed by atoms with Gasteiger partial charge in [-0.2, -0.15) is 17.9 Å². The lowest BCUT2D eigenvalue weighted by atomic mass is 9.94. The molecule has 0 saturated heterocycles. The minimum Gasteiger partial charge on any atom is -0.288 e. The summed E-state index contributed by atoms with van der Waals surface area (Å²) in [7, 11) is -4.10. The van der Waals surface area contributed by atoms with Crippen molar-refractivity contribution in [3.05, 3.63) is 82.8 Å². The number of nitrogens with one attached hydrogen (secondary N) is 1. The van der Waals surface area contributed by atoms with Crippen molar-refractivity contribution < 1.29 is 17.6 Å². The number of aromatic amines is 1. The van der Waals surface area contributed by atoms with Crippen LogP contribution in [0, 0.1) is 5.82 Å². The number of Topliss-reactive ketones (excluding diaryl/α,β-unsaturated/α-hetero) is 1. The van der Waals surface area contributed by atoms with Crippen molar-refractivity contribution in [1.29, 1.82) is 0 Å². The Morgan fingerprint density at radius 1 is 1.04 bits per heavy atom. The topological polar surface area (TPSA) is 105 Å². The lowest BCUT2D eigenvalue weighted by Crippen LogP contribution is -2.17. The van der Waals surface area contributed by atoms with Crippen LogP contribution in [0.4, 0.5) is 4.39 Å². The van der Waals surface area contributed by atoms with Gasteiger partial charge in [-0.3, -0.25) is 9.89 Å². The number of rotatable bonds is 4. The maximum Gasteiger partial charge on any atom is 0.282 e. The third kappa shape index (κ3) is 3.51. The molecule has 10 heteroatoms. The minimum atomic E-state index is -4.10. The predicted octanol–water partition coefficient (Wildman–Crippen LogP) is 2.99. The molecular formula is C18H11FN4O3S2. The summed E-state index contributed by atoms with van der Waals surface area (Å²) in [5.74, 6) is -0.819. The number of carbonyl (C=O) groups excluding carboxylic acids is 1. The van der Waals surface area contributed by atoms with Crippen LogP contribution in [-0.4, -0.2) is 35.1 Å². The van der Waals surface area contributed by atoms with Crippen molar-refractivity contribution >= 4 is 33.3 Å². The number of sulfonamides is 1. The number of allylic oxidation sites excluding steroid dienone is 2. The van der Waals surface area contributed by atoms with E-state index in [-0.39, 0.29) is 21.3 Å². The van der Waals surface area contributed by atoms with Gasteiger partial charge in [-0.05, 0) is 42.1 Å². The number of hydrogen-bond acceptors (Lipinski definition) is 6. The zero-order chi connectivity index (χ0) is 19.7. The van der Waals surface area contributed by atoms with Crippen molar-refractivity contribution in [2.45, 2.75) is 10.1 Å². The summed E-state index contributed by atoms with van der Waals surface area (Å²) in [5.41, 5.74) is 0.849. The van der Waals surface area contributed by atoms with Gasteiger partial charge in [0, 0.05) is 11.1 Å². The number of halogens is 1. The Morgan fingerprint density at radius 3 is 2.43 bits per heavy atom. The number of ketones is 1. The van der Waals surface area contributed by atoms with Crippen LogP contribution in [0.5, 0.6) is 0 Å². The molecule has 7 nitrogen and oxygen atoms in total. The zero-order valence-electron chi connectivity index (χ0n) is 14.0. The average molecular weight is 414 g/mol. The zero-order valence-corrected chi connectivity index (χ0v) is 15.7. The molecule has 1 N–H and O–H groups in total. The van der Waals surface area contributed by atoms with Gasteiger partial charge in [-0.1, -0.05) is 24.3 Å². The van der Waals surface area contributed by atoms with Gasteiger partial charge in [-0.15, -0.1) is 0 Å². The normalized spacial score (nSPS) is 15.4. The van der Waals surface area contributed by atoms with Crippen molar-refractivity contribution in [2.75, 3.05) is 0 Å². The van der Waals surface area contributed by atoms with Crippen molar-refractivity contribution in [3.8, 4) is 0 Å². The molecule has 0 fully saturated rings. The van der Waals surface area contributed by atoms with E-state index in [2.05, 4.69) is 19.6 Å². The van der Waals surface area contributed by atoms with E-state index in [1.54, 1.807) is 24.3 Å². The molecule has 0 radical (unpaired) electrons. The Hall–Kier alpha value is -3.11. The van der Waals surface area contributed by atoms with E-state index in [0.29, 0.717) is 16.3 Å². The van der Waals surface area contributed by atoms with Crippen molar-refractivity contribution in [1.82, 2.24) is 15.2 Å². The fourth-order valence-corrected chi connectivity index (χ4v) is 4.37. The largest absolute Gasteiger partial charge is 0.288 e. The van der Waals surface area contributed by atoms with Crippen molar-refractivity contribution in [3.63, 3.8) is 0 Å². The molecule has 0 unspecified atom stereocenters. The third-order valence-electron chi connectivity index (χ3n) is 3.87. The maximum absolute atomic E-state index is 13.1. The van der Waals surface area contributed by atoms with Crippen LogP contribution < -0.4 is 0 Å². The summed E-state index contributed by atoms with van der Waals surface area (Å²) >= 11 is 1.03. The minimum absolute atomic E-state index is 0.113. The lowest BCUT2D eigenvalue weighted by molar-refractivity contribution is 0.104. The van der Waals surface area contributed by atoms with E-state index in [1.807, 2.05) is 0 Å². The lowest BCUT2D eigenvalue weighted by Gasteiger charge is -2.16. The molecule has 0 amide bonds. The fourth-order valence-electron chi connectivity index (χ4n) is 2.59. The van der Waals surface area contributed by atoms with Crippen molar-refractivity contribution in [2.24, 2.45) is 4.40 Å². The standard InChI is InChI=1S/C18H11FN4O3S2/c19-11-5-7-12(8-6-11)28(25,26)23-15-9-16(27-18-20-10-21-22-18)17(24)14-4-2-1-3-13(14)15/h1-10H,(H,20,21,22)/b23-15+. The number of thioether (sulfide) groups is 1. The Balaban J connectivity index is 1.82. The van der Waals surface area contributed by atoms with Gasteiger partial charge in [0.15, 0.2) is 5.16 Å². The summed E-state index contributed by atoms with van der Waals surface area (Å²) in [4.78, 5) is 16.8. The first kappa shape index (κ1) is 18.3. The summed E-state index contributed by atoms with van der Waals surface area (Å²) in [6, 6.07) is 11.0. The van der Waals surface area contributed by atoms with Crippen LogP contribution in [0.1, 0.15) is 15.9 Å². The number of aromatic nitrogens is 3. The van der Waals surface area contributed by atoms with Crippen LogP contribution >= 0.6 is 11.8 Å². The molecule has 0 spiro atoms. The van der Waals surface area contributed by atoms with Crippen LogP contribution in [0.15, 0.2) is 80.3 Å². The van der Waals surface area contributed by atoms with Gasteiger partial charge in [0.1, 0.15) is 12.1 Å². The SMILES string of the molecule is O=C1C(Sc2ncn[nH]2)=C/C(=N\S(=O)(=O)c2ccc(F)cc2)c2ccccc21. The van der Waals surface area contributed by atoms with Gasteiger partial charge < -0.3 is 0 Å². The molecule has 0 bridgehead atoms. The fraction of sp³-hybridized carbons (Fsp3) is 0. The summed E-state index contributed by atoms with van der Waals surface area (Å²) in [6.07, 6.45) is 2.71. The van der Waals surface area contributed by atoms with Crippen LogP contribution in [0.25, 0.3) is 0 Å². The Morgan fingerprint density at radius 2 is 1.75 bits per heavy atom. The molecule has 3 aromatic rings. The Kier molecular flexibility index (Phi) is 4.65. The highest BCUT2D eigenvalue weighted by Crippen LogP contribution is 2.32. The second-order valence-electron chi connectivity index (χ2n) is 5.68. The second kappa shape index (κ2) is 7.13. The van der Waals surface area contributed by atoms with Crippen LogP contribution in [-0.2, 0) is 10.0 Å². The van der Waals surface area contributed by atoms with Gasteiger partial charge >= 0.3 is 0 Å². The van der Waals surface area contributed by atoms with E-state index < -0.39 is 15.8 Å².